The number of amides is 4. The minimum absolute atomic E-state index is 0.0352. The van der Waals surface area contributed by atoms with Gasteiger partial charge in [0.15, 0.2) is 11.9 Å². The molecule has 204 valence electrons. The Labute approximate surface area is 208 Å². The van der Waals surface area contributed by atoms with Crippen molar-refractivity contribution in [2.24, 2.45) is 38.7 Å². The number of carbonyl (C=O) groups excluding carboxylic acids is 4. The van der Waals surface area contributed by atoms with E-state index in [1.165, 1.54) is 6.92 Å². The van der Waals surface area contributed by atoms with E-state index in [9.17, 15) is 29.1 Å². The SMILES string of the molecule is C[C@H](NC(=O)CNC(=O)CN)C(=O)N[C@@H](CCCN=C(N)N)C(=O)N[C@@H](CCCN=C(N)N)C(=O)O. The van der Waals surface area contributed by atoms with E-state index in [1.54, 1.807) is 0 Å². The van der Waals surface area contributed by atoms with Crippen LogP contribution in [0.1, 0.15) is 32.6 Å². The first-order valence-corrected chi connectivity index (χ1v) is 11.1. The summed E-state index contributed by atoms with van der Waals surface area (Å²) in [6.45, 7) is 1.01. The predicted octanol–water partition coefficient (Wildman–Crippen LogP) is -5.27. The second-order valence-electron chi connectivity index (χ2n) is 7.63. The van der Waals surface area contributed by atoms with Crippen LogP contribution < -0.4 is 49.9 Å². The Morgan fingerprint density at radius 1 is 0.778 bits per heavy atom. The van der Waals surface area contributed by atoms with Crippen molar-refractivity contribution in [3.63, 3.8) is 0 Å². The van der Waals surface area contributed by atoms with Crippen molar-refractivity contribution in [3.8, 4) is 0 Å². The quantitative estimate of drug-likeness (QED) is 0.0495. The molecule has 0 aliphatic rings. The molecule has 0 aliphatic carbocycles. The molecule has 0 saturated heterocycles. The number of hydrogen-bond donors (Lipinski definition) is 10. The van der Waals surface area contributed by atoms with Crippen LogP contribution in [0.15, 0.2) is 9.98 Å². The smallest absolute Gasteiger partial charge is 0.326 e. The third-order valence-electron chi connectivity index (χ3n) is 4.54. The average molecular weight is 516 g/mol. The number of carboxylic acids is 1. The van der Waals surface area contributed by atoms with Gasteiger partial charge in [-0.1, -0.05) is 0 Å². The lowest BCUT2D eigenvalue weighted by Crippen LogP contribution is -2.55. The van der Waals surface area contributed by atoms with Gasteiger partial charge in [0.1, 0.15) is 18.1 Å². The second kappa shape index (κ2) is 17.3. The lowest BCUT2D eigenvalue weighted by molar-refractivity contribution is -0.142. The summed E-state index contributed by atoms with van der Waals surface area (Å²) in [7, 11) is 0. The topological polar surface area (TPSA) is 309 Å². The van der Waals surface area contributed by atoms with Crippen LogP contribution >= 0.6 is 0 Å². The summed E-state index contributed by atoms with van der Waals surface area (Å²) in [6.07, 6.45) is 0.667. The largest absolute Gasteiger partial charge is 0.480 e. The van der Waals surface area contributed by atoms with Crippen molar-refractivity contribution in [3.05, 3.63) is 0 Å². The zero-order chi connectivity index (χ0) is 27.7. The van der Waals surface area contributed by atoms with Gasteiger partial charge in [-0.25, -0.2) is 4.79 Å². The Balaban J connectivity index is 5.19. The number of guanidine groups is 2. The van der Waals surface area contributed by atoms with Gasteiger partial charge in [0.2, 0.25) is 23.6 Å². The summed E-state index contributed by atoms with van der Waals surface area (Å²) < 4.78 is 0. The summed E-state index contributed by atoms with van der Waals surface area (Å²) in [5.74, 6) is -4.24. The van der Waals surface area contributed by atoms with Crippen LogP contribution in [0, 0.1) is 0 Å². The van der Waals surface area contributed by atoms with Gasteiger partial charge >= 0.3 is 5.97 Å². The molecule has 0 aromatic heterocycles. The highest BCUT2D eigenvalue weighted by molar-refractivity contribution is 5.94. The Kier molecular flexibility index (Phi) is 15.3. The minimum Gasteiger partial charge on any atom is -0.480 e. The number of nitrogens with one attached hydrogen (secondary N) is 4. The highest BCUT2D eigenvalue weighted by atomic mass is 16.4. The molecule has 3 atom stereocenters. The minimum atomic E-state index is -1.28. The van der Waals surface area contributed by atoms with Gasteiger partial charge in [-0.15, -0.1) is 0 Å². The monoisotopic (exact) mass is 515 g/mol. The van der Waals surface area contributed by atoms with Crippen molar-refractivity contribution in [1.29, 1.82) is 0 Å². The fraction of sp³-hybridized carbons (Fsp3) is 0.632. The van der Waals surface area contributed by atoms with E-state index in [4.69, 9.17) is 28.7 Å². The number of rotatable bonds is 17. The van der Waals surface area contributed by atoms with E-state index in [-0.39, 0.29) is 57.2 Å². The zero-order valence-electron chi connectivity index (χ0n) is 20.2. The van der Waals surface area contributed by atoms with Crippen molar-refractivity contribution < 1.29 is 29.1 Å². The molecule has 17 nitrogen and oxygen atoms in total. The molecule has 0 unspecified atom stereocenters. The van der Waals surface area contributed by atoms with Crippen LogP contribution in [0.3, 0.4) is 0 Å². The van der Waals surface area contributed by atoms with E-state index in [0.29, 0.717) is 0 Å². The van der Waals surface area contributed by atoms with E-state index < -0.39 is 54.3 Å². The fourth-order valence-corrected chi connectivity index (χ4v) is 2.71. The number of nitrogens with two attached hydrogens (primary N) is 5. The number of nitrogens with zero attached hydrogens (tertiary/aromatic N) is 2. The van der Waals surface area contributed by atoms with Crippen LogP contribution in [0.4, 0.5) is 0 Å². The van der Waals surface area contributed by atoms with Crippen LogP contribution in [0.5, 0.6) is 0 Å². The molecule has 17 heteroatoms. The van der Waals surface area contributed by atoms with Crippen LogP contribution in [-0.2, 0) is 24.0 Å². The summed E-state index contributed by atoms with van der Waals surface area (Å²) in [4.78, 5) is 67.6. The molecule has 0 heterocycles. The van der Waals surface area contributed by atoms with E-state index >= 15 is 0 Å². The van der Waals surface area contributed by atoms with Crippen molar-refractivity contribution in [2.45, 2.75) is 50.7 Å². The third-order valence-corrected chi connectivity index (χ3v) is 4.54. The number of carbonyl (C=O) groups is 5. The molecule has 0 saturated carbocycles. The third kappa shape index (κ3) is 14.9. The second-order valence-corrected chi connectivity index (χ2v) is 7.63. The first kappa shape index (κ1) is 31.8. The lowest BCUT2D eigenvalue weighted by atomic mass is 10.1. The maximum absolute atomic E-state index is 12.8. The Morgan fingerprint density at radius 2 is 1.28 bits per heavy atom. The first-order chi connectivity index (χ1) is 16.9. The van der Waals surface area contributed by atoms with Crippen molar-refractivity contribution >= 4 is 41.5 Å². The van der Waals surface area contributed by atoms with Gasteiger partial charge < -0.3 is 55.0 Å². The molecule has 36 heavy (non-hydrogen) atoms. The van der Waals surface area contributed by atoms with Crippen molar-refractivity contribution in [1.82, 2.24) is 21.3 Å². The average Bonchev–Trinajstić information content (AvgIpc) is 2.80. The molecule has 15 N–H and O–H groups in total. The molecule has 0 aliphatic heterocycles. The Morgan fingerprint density at radius 3 is 1.75 bits per heavy atom. The summed E-state index contributed by atoms with van der Waals surface area (Å²) in [5, 5.41) is 18.9. The highest BCUT2D eigenvalue weighted by Gasteiger charge is 2.28. The molecule has 0 rings (SSSR count). The van der Waals surface area contributed by atoms with Crippen LogP contribution in [0.25, 0.3) is 0 Å². The van der Waals surface area contributed by atoms with E-state index in [2.05, 4.69) is 31.3 Å². The van der Waals surface area contributed by atoms with Gasteiger partial charge in [0.25, 0.3) is 0 Å². The Hall–Kier alpha value is -4.15. The molecular weight excluding hydrogens is 478 g/mol. The molecule has 4 amide bonds. The molecular formula is C19H37N11O6. The van der Waals surface area contributed by atoms with E-state index in [1.807, 2.05) is 0 Å². The number of carboxylic acid groups (broad SMARTS) is 1. The van der Waals surface area contributed by atoms with E-state index in [0.717, 1.165) is 0 Å². The van der Waals surface area contributed by atoms with Crippen LogP contribution in [0.2, 0.25) is 0 Å². The maximum Gasteiger partial charge on any atom is 0.326 e. The van der Waals surface area contributed by atoms with Crippen molar-refractivity contribution in [2.75, 3.05) is 26.2 Å². The molecule has 0 aromatic carbocycles. The molecule has 0 fully saturated rings. The zero-order valence-corrected chi connectivity index (χ0v) is 20.2. The predicted molar refractivity (Wildman–Crippen MR) is 131 cm³/mol. The summed E-state index contributed by atoms with van der Waals surface area (Å²) in [5.41, 5.74) is 26.2. The van der Waals surface area contributed by atoms with Gasteiger partial charge in [-0.05, 0) is 32.6 Å². The summed E-state index contributed by atoms with van der Waals surface area (Å²) in [6, 6.07) is -3.48. The number of aliphatic carboxylic acids is 1. The molecule has 0 aromatic rings. The fourth-order valence-electron chi connectivity index (χ4n) is 2.71. The molecule has 0 spiro atoms. The van der Waals surface area contributed by atoms with Gasteiger partial charge in [0.05, 0.1) is 13.1 Å². The molecule has 0 radical (unpaired) electrons. The maximum atomic E-state index is 12.8. The lowest BCUT2D eigenvalue weighted by Gasteiger charge is -2.23. The number of hydrogen-bond acceptors (Lipinski definition) is 8. The van der Waals surface area contributed by atoms with Gasteiger partial charge in [0, 0.05) is 13.1 Å². The molecule has 0 bridgehead atoms. The van der Waals surface area contributed by atoms with Gasteiger partial charge in [-0.2, -0.15) is 0 Å². The Bertz CT molecular complexity index is 825. The normalized spacial score (nSPS) is 12.7. The summed E-state index contributed by atoms with van der Waals surface area (Å²) >= 11 is 0. The number of aliphatic imine (C=N–C) groups is 2. The highest BCUT2D eigenvalue weighted by Crippen LogP contribution is 2.04. The van der Waals surface area contributed by atoms with Gasteiger partial charge in [-0.3, -0.25) is 29.2 Å². The first-order valence-electron chi connectivity index (χ1n) is 11.1. The van der Waals surface area contributed by atoms with Crippen LogP contribution in [-0.4, -0.2) is 90.9 Å². The standard InChI is InChI=1S/C19H37N11O6/c1-10(28-14(32)9-27-13(31)8-20)15(33)29-11(4-2-6-25-18(21)22)16(34)30-12(17(35)36)5-3-7-26-19(23)24/h10-12H,2-9,20H2,1H3,(H,27,31)(H,28,32)(H,29,33)(H,30,34)(H,35,36)(H4,21,22,25)(H4,23,24,26)/t10-,11-,12-/m0/s1.